The van der Waals surface area contributed by atoms with E-state index in [1.165, 1.54) is 65.7 Å². The minimum atomic E-state index is 0.829. The van der Waals surface area contributed by atoms with Crippen LogP contribution < -0.4 is 19.3 Å². The van der Waals surface area contributed by atoms with Gasteiger partial charge in [-0.25, -0.2) is 0 Å². The Bertz CT molecular complexity index is 3480. The van der Waals surface area contributed by atoms with E-state index in [0.29, 0.717) is 0 Å². The van der Waals surface area contributed by atoms with Crippen LogP contribution in [0, 0.1) is 0 Å². The first-order valence-electron chi connectivity index (χ1n) is 22.1. The summed E-state index contributed by atoms with van der Waals surface area (Å²) < 4.78 is 13.0. The Morgan fingerprint density at radius 2 is 0.797 bits per heavy atom. The highest BCUT2D eigenvalue weighted by Gasteiger charge is 2.29. The van der Waals surface area contributed by atoms with Crippen molar-refractivity contribution >= 4 is 72.0 Å². The van der Waals surface area contributed by atoms with Crippen molar-refractivity contribution in [3.63, 3.8) is 0 Å². The van der Waals surface area contributed by atoms with E-state index in [0.717, 1.165) is 70.0 Å². The van der Waals surface area contributed by atoms with Crippen molar-refractivity contribution in [2.75, 3.05) is 9.80 Å². The van der Waals surface area contributed by atoms with Crippen LogP contribution in [-0.4, -0.2) is 0 Å². The number of benzene rings is 10. The first-order valence-corrected chi connectivity index (χ1v) is 22.1. The van der Waals surface area contributed by atoms with E-state index in [4.69, 9.17) is 9.47 Å². The summed E-state index contributed by atoms with van der Waals surface area (Å²) in [5, 5.41) is 7.23. The lowest BCUT2D eigenvalue weighted by Crippen LogP contribution is -2.16. The molecule has 0 atom stereocenters. The summed E-state index contributed by atoms with van der Waals surface area (Å²) in [5.74, 6) is 3.31. The summed E-state index contributed by atoms with van der Waals surface area (Å²) in [5.41, 5.74) is 13.5. The van der Waals surface area contributed by atoms with Gasteiger partial charge < -0.3 is 19.3 Å². The van der Waals surface area contributed by atoms with Crippen LogP contribution in [-0.2, 0) is 0 Å². The second-order valence-electron chi connectivity index (χ2n) is 16.7. The van der Waals surface area contributed by atoms with Crippen LogP contribution in [0.4, 0.5) is 34.1 Å². The third kappa shape index (κ3) is 5.69. The second kappa shape index (κ2) is 14.6. The predicted molar refractivity (Wildman–Crippen MR) is 266 cm³/mol. The zero-order chi connectivity index (χ0) is 42.1. The molecular formula is C60H40N2O2. The number of nitrogens with zero attached hydrogens (tertiary/aromatic N) is 2. The van der Waals surface area contributed by atoms with Crippen LogP contribution in [0.1, 0.15) is 18.4 Å². The molecule has 3 aliphatic rings. The van der Waals surface area contributed by atoms with Gasteiger partial charge in [0, 0.05) is 11.4 Å². The number of para-hydroxylation sites is 8. The van der Waals surface area contributed by atoms with Crippen molar-refractivity contribution in [2.45, 2.75) is 12.8 Å². The highest BCUT2D eigenvalue weighted by molar-refractivity contribution is 6.32. The van der Waals surface area contributed by atoms with Crippen molar-refractivity contribution in [2.24, 2.45) is 0 Å². The van der Waals surface area contributed by atoms with Crippen molar-refractivity contribution in [1.29, 1.82) is 0 Å². The van der Waals surface area contributed by atoms with E-state index in [1.54, 1.807) is 0 Å². The van der Waals surface area contributed by atoms with Crippen LogP contribution in [0.15, 0.2) is 218 Å². The molecule has 4 heteroatoms. The number of hydrogen-bond donors (Lipinski definition) is 0. The number of fused-ring (bicyclic) bond motifs is 10. The molecule has 0 radical (unpaired) electrons. The number of ether oxygens (including phenoxy) is 2. The maximum atomic E-state index is 6.51. The molecule has 2 aliphatic heterocycles. The molecular weight excluding hydrogens is 781 g/mol. The highest BCUT2D eigenvalue weighted by atomic mass is 16.5. The van der Waals surface area contributed by atoms with Crippen LogP contribution in [0.5, 0.6) is 23.0 Å². The quantitative estimate of drug-likeness (QED) is 0.162. The maximum Gasteiger partial charge on any atom is 0.151 e. The van der Waals surface area contributed by atoms with Gasteiger partial charge in [-0.1, -0.05) is 140 Å². The fourth-order valence-electron chi connectivity index (χ4n) is 10.2. The van der Waals surface area contributed by atoms with Crippen LogP contribution in [0.25, 0.3) is 60.1 Å². The molecule has 2 heterocycles. The molecule has 0 saturated heterocycles. The lowest BCUT2D eigenvalue weighted by molar-refractivity contribution is 0.477. The van der Waals surface area contributed by atoms with Gasteiger partial charge in [0.2, 0.25) is 0 Å². The standard InChI is InChI=1S/C60H40N2O2/c1-4-18-39(19-5-1)46-38-47(40-20-6-2-7-21-40)59-44-34-32-42(61-50-24-10-14-28-54(50)63-55-29-15-11-25-51(55)61)36-48(44)49-37-43(33-35-45(49)60(59)58(46)41-22-8-3-9-23-41)62-52-26-12-16-30-56(52)64-57-31-17-13-27-53(57)62/h1-2,4-8,10-38H,3,9H2. The Labute approximate surface area is 371 Å². The highest BCUT2D eigenvalue weighted by Crippen LogP contribution is 2.55. The molecule has 0 fully saturated rings. The Balaban J connectivity index is 1.19. The maximum absolute atomic E-state index is 6.51. The van der Waals surface area contributed by atoms with Gasteiger partial charge in [0.05, 0.1) is 22.7 Å². The van der Waals surface area contributed by atoms with E-state index in [-0.39, 0.29) is 0 Å². The Morgan fingerprint density at radius 3 is 1.27 bits per heavy atom. The normalized spacial score (nSPS) is 13.7. The molecule has 10 aromatic rings. The third-order valence-corrected chi connectivity index (χ3v) is 13.0. The molecule has 0 amide bonds. The average Bonchev–Trinajstić information content (AvgIpc) is 3.37. The molecule has 0 aromatic heterocycles. The fraction of sp³-hybridized carbons (Fsp3) is 0.0333. The largest absolute Gasteiger partial charge is 0.453 e. The predicted octanol–water partition coefficient (Wildman–Crippen LogP) is 17.4. The van der Waals surface area contributed by atoms with Crippen LogP contribution in [0.3, 0.4) is 0 Å². The first kappa shape index (κ1) is 36.3. The van der Waals surface area contributed by atoms with E-state index in [1.807, 2.05) is 24.3 Å². The summed E-state index contributed by atoms with van der Waals surface area (Å²) in [4.78, 5) is 4.70. The molecule has 0 N–H and O–H groups in total. The van der Waals surface area contributed by atoms with Crippen molar-refractivity contribution < 1.29 is 9.47 Å². The molecule has 10 aromatic carbocycles. The second-order valence-corrected chi connectivity index (χ2v) is 16.7. The third-order valence-electron chi connectivity index (χ3n) is 13.0. The van der Waals surface area contributed by atoms with Gasteiger partial charge in [-0.05, 0) is 157 Å². The zero-order valence-electron chi connectivity index (χ0n) is 34.9. The monoisotopic (exact) mass is 820 g/mol. The van der Waals surface area contributed by atoms with Crippen molar-refractivity contribution in [1.82, 2.24) is 0 Å². The smallest absolute Gasteiger partial charge is 0.151 e. The van der Waals surface area contributed by atoms with Gasteiger partial charge in [0.1, 0.15) is 0 Å². The molecule has 1 aliphatic carbocycles. The van der Waals surface area contributed by atoms with E-state index in [9.17, 15) is 0 Å². The minimum absolute atomic E-state index is 0.829. The number of rotatable bonds is 5. The first-order chi connectivity index (χ1) is 31.8. The van der Waals surface area contributed by atoms with Crippen LogP contribution in [0.2, 0.25) is 0 Å². The van der Waals surface area contributed by atoms with Gasteiger partial charge in [-0.2, -0.15) is 0 Å². The molecule has 64 heavy (non-hydrogen) atoms. The van der Waals surface area contributed by atoms with Gasteiger partial charge in [0.15, 0.2) is 23.0 Å². The summed E-state index contributed by atoms with van der Waals surface area (Å²) in [6.07, 6.45) is 9.15. The molecule has 0 spiro atoms. The van der Waals surface area contributed by atoms with Gasteiger partial charge in [-0.15, -0.1) is 0 Å². The summed E-state index contributed by atoms with van der Waals surface area (Å²) in [6.45, 7) is 0. The molecule has 0 saturated carbocycles. The summed E-state index contributed by atoms with van der Waals surface area (Å²) in [7, 11) is 0. The number of anilines is 6. The average molecular weight is 821 g/mol. The molecule has 13 rings (SSSR count). The van der Waals surface area contributed by atoms with E-state index in [2.05, 4.69) is 204 Å². The van der Waals surface area contributed by atoms with E-state index >= 15 is 0 Å². The van der Waals surface area contributed by atoms with Crippen molar-refractivity contribution in [3.8, 4) is 45.3 Å². The lowest BCUT2D eigenvalue weighted by Gasteiger charge is -2.33. The lowest BCUT2D eigenvalue weighted by atomic mass is 9.80. The van der Waals surface area contributed by atoms with Gasteiger partial charge in [0.25, 0.3) is 0 Å². The zero-order valence-corrected chi connectivity index (χ0v) is 34.9. The SMILES string of the molecule is C1=CC(c2c(-c3ccccc3)cc(-c3ccccc3)c3c4ccc(N5c6ccccc6Oc6ccccc65)cc4c4cc(N5c6ccccc6Oc6ccccc65)ccc4c23)=CCC1. The summed E-state index contributed by atoms with van der Waals surface area (Å²) in [6, 6.07) is 71.8. The Hall–Kier alpha value is -8.34. The Kier molecular flexibility index (Phi) is 8.31. The van der Waals surface area contributed by atoms with Gasteiger partial charge >= 0.3 is 0 Å². The Morgan fingerprint density at radius 1 is 0.359 bits per heavy atom. The number of allylic oxidation sites excluding steroid dienone is 4. The molecule has 4 nitrogen and oxygen atoms in total. The summed E-state index contributed by atoms with van der Waals surface area (Å²) >= 11 is 0. The van der Waals surface area contributed by atoms with E-state index < -0.39 is 0 Å². The fourth-order valence-corrected chi connectivity index (χ4v) is 10.2. The molecule has 0 unspecified atom stereocenters. The number of hydrogen-bond acceptors (Lipinski definition) is 4. The minimum Gasteiger partial charge on any atom is -0.453 e. The van der Waals surface area contributed by atoms with Gasteiger partial charge in [-0.3, -0.25) is 0 Å². The topological polar surface area (TPSA) is 24.9 Å². The molecule has 0 bridgehead atoms. The van der Waals surface area contributed by atoms with Crippen molar-refractivity contribution in [3.05, 3.63) is 224 Å². The molecule has 302 valence electrons. The van der Waals surface area contributed by atoms with Crippen LogP contribution >= 0.6 is 0 Å².